The van der Waals surface area contributed by atoms with Crippen LogP contribution >= 0.6 is 0 Å². The van der Waals surface area contributed by atoms with Crippen molar-refractivity contribution >= 4 is 5.97 Å². The van der Waals surface area contributed by atoms with Crippen molar-refractivity contribution in [1.29, 1.82) is 0 Å². The molecule has 0 spiro atoms. The van der Waals surface area contributed by atoms with E-state index < -0.39 is 5.54 Å². The van der Waals surface area contributed by atoms with Crippen LogP contribution in [0.1, 0.15) is 58.3 Å². The van der Waals surface area contributed by atoms with Gasteiger partial charge in [0, 0.05) is 18.6 Å². The Labute approximate surface area is 128 Å². The van der Waals surface area contributed by atoms with E-state index in [4.69, 9.17) is 4.74 Å². The Balaban J connectivity index is 1.59. The van der Waals surface area contributed by atoms with Gasteiger partial charge in [-0.2, -0.15) is 0 Å². The molecule has 21 heavy (non-hydrogen) atoms. The summed E-state index contributed by atoms with van der Waals surface area (Å²) in [5, 5.41) is 3.52. The zero-order valence-electron chi connectivity index (χ0n) is 13.6. The highest BCUT2D eigenvalue weighted by molar-refractivity contribution is 5.80. The van der Waals surface area contributed by atoms with Crippen LogP contribution < -0.4 is 5.32 Å². The number of nitrogens with zero attached hydrogens (tertiary/aromatic N) is 1. The van der Waals surface area contributed by atoms with Gasteiger partial charge in [0.1, 0.15) is 5.54 Å². The number of carbonyl (C=O) groups is 1. The molecule has 0 radical (unpaired) electrons. The molecule has 2 saturated carbocycles. The average Bonchev–Trinajstić information content (AvgIpc) is 3.16. The minimum Gasteiger partial charge on any atom is -0.468 e. The van der Waals surface area contributed by atoms with E-state index >= 15 is 0 Å². The molecule has 0 aromatic rings. The van der Waals surface area contributed by atoms with Crippen molar-refractivity contribution in [2.75, 3.05) is 20.2 Å². The standard InChI is InChI=1S/C17H30N2O2/c1-17(16(20)21-2,18-14-8-9-14)10-12-19-11-4-6-13-5-3-7-15(13)19/h13-15,18H,3-12H2,1-2H3. The maximum Gasteiger partial charge on any atom is 0.325 e. The van der Waals surface area contributed by atoms with E-state index in [-0.39, 0.29) is 5.97 Å². The van der Waals surface area contributed by atoms with Gasteiger partial charge in [-0.25, -0.2) is 0 Å². The quantitative estimate of drug-likeness (QED) is 0.763. The molecule has 4 nitrogen and oxygen atoms in total. The molecule has 1 aliphatic heterocycles. The van der Waals surface area contributed by atoms with Crippen molar-refractivity contribution in [2.45, 2.75) is 75.9 Å². The van der Waals surface area contributed by atoms with Crippen molar-refractivity contribution in [2.24, 2.45) is 5.92 Å². The van der Waals surface area contributed by atoms with E-state index in [0.717, 1.165) is 24.9 Å². The molecule has 0 aromatic heterocycles. The zero-order chi connectivity index (χ0) is 14.9. The molecule has 0 aromatic carbocycles. The lowest BCUT2D eigenvalue weighted by molar-refractivity contribution is -0.148. The Kier molecular flexibility index (Phi) is 4.55. The zero-order valence-corrected chi connectivity index (χ0v) is 13.6. The maximum absolute atomic E-state index is 12.2. The summed E-state index contributed by atoms with van der Waals surface area (Å²) in [4.78, 5) is 14.8. The molecule has 4 heteroatoms. The molecule has 1 heterocycles. The largest absolute Gasteiger partial charge is 0.468 e. The van der Waals surface area contributed by atoms with Crippen LogP contribution in [0.15, 0.2) is 0 Å². The molecule has 3 aliphatic rings. The number of carbonyl (C=O) groups excluding carboxylic acids is 1. The number of methoxy groups -OCH3 is 1. The molecule has 2 aliphatic carbocycles. The van der Waals surface area contributed by atoms with Crippen molar-refractivity contribution in [3.05, 3.63) is 0 Å². The normalized spacial score (nSPS) is 32.5. The van der Waals surface area contributed by atoms with Crippen molar-refractivity contribution in [1.82, 2.24) is 10.2 Å². The van der Waals surface area contributed by atoms with Gasteiger partial charge in [0.05, 0.1) is 7.11 Å². The van der Waals surface area contributed by atoms with Crippen molar-refractivity contribution in [3.8, 4) is 0 Å². The van der Waals surface area contributed by atoms with Crippen LogP contribution in [0.4, 0.5) is 0 Å². The predicted molar refractivity (Wildman–Crippen MR) is 83.1 cm³/mol. The van der Waals surface area contributed by atoms with Gasteiger partial charge in [0.25, 0.3) is 0 Å². The lowest BCUT2D eigenvalue weighted by Gasteiger charge is -2.39. The second-order valence-electron chi connectivity index (χ2n) is 7.43. The summed E-state index contributed by atoms with van der Waals surface area (Å²) in [5.74, 6) is 0.814. The lowest BCUT2D eigenvalue weighted by Crippen LogP contribution is -2.54. The SMILES string of the molecule is COC(=O)C(C)(CCN1CCCC2CCCC21)NC1CC1. The number of rotatable bonds is 6. The first kappa shape index (κ1) is 15.3. The highest BCUT2D eigenvalue weighted by Crippen LogP contribution is 2.37. The number of hydrogen-bond donors (Lipinski definition) is 1. The van der Waals surface area contributed by atoms with Crippen LogP contribution in [0, 0.1) is 5.92 Å². The molecule has 0 amide bonds. The van der Waals surface area contributed by atoms with Gasteiger partial charge in [-0.15, -0.1) is 0 Å². The highest BCUT2D eigenvalue weighted by atomic mass is 16.5. The summed E-state index contributed by atoms with van der Waals surface area (Å²) < 4.78 is 5.05. The molecule has 3 rings (SSSR count). The summed E-state index contributed by atoms with van der Waals surface area (Å²) >= 11 is 0. The van der Waals surface area contributed by atoms with Gasteiger partial charge in [0.2, 0.25) is 0 Å². The van der Waals surface area contributed by atoms with Crippen LogP contribution in [0.5, 0.6) is 0 Å². The van der Waals surface area contributed by atoms with Gasteiger partial charge >= 0.3 is 5.97 Å². The Hall–Kier alpha value is -0.610. The van der Waals surface area contributed by atoms with E-state index in [0.29, 0.717) is 6.04 Å². The number of piperidine rings is 1. The van der Waals surface area contributed by atoms with E-state index in [9.17, 15) is 4.79 Å². The number of hydrogen-bond acceptors (Lipinski definition) is 4. The van der Waals surface area contributed by atoms with Crippen LogP contribution in [0.3, 0.4) is 0 Å². The van der Waals surface area contributed by atoms with Gasteiger partial charge in [-0.3, -0.25) is 10.1 Å². The third-order valence-electron chi connectivity index (χ3n) is 5.74. The Morgan fingerprint density at radius 1 is 1.24 bits per heavy atom. The monoisotopic (exact) mass is 294 g/mol. The second kappa shape index (κ2) is 6.25. The summed E-state index contributed by atoms with van der Waals surface area (Å²) in [6.45, 7) is 4.25. The number of nitrogens with one attached hydrogen (secondary N) is 1. The fourth-order valence-electron chi connectivity index (χ4n) is 4.34. The number of fused-ring (bicyclic) bond motifs is 1. The van der Waals surface area contributed by atoms with Gasteiger partial charge < -0.3 is 9.64 Å². The minimum atomic E-state index is -0.512. The van der Waals surface area contributed by atoms with E-state index in [1.54, 1.807) is 0 Å². The third kappa shape index (κ3) is 3.42. The van der Waals surface area contributed by atoms with E-state index in [1.165, 1.54) is 58.6 Å². The summed E-state index contributed by atoms with van der Waals surface area (Å²) in [6.07, 6.45) is 10.1. The highest BCUT2D eigenvalue weighted by Gasteiger charge is 2.41. The fourth-order valence-corrected chi connectivity index (χ4v) is 4.34. The predicted octanol–water partition coefficient (Wildman–Crippen LogP) is 2.32. The Morgan fingerprint density at radius 3 is 2.71 bits per heavy atom. The summed E-state index contributed by atoms with van der Waals surface area (Å²) in [6, 6.07) is 1.30. The first-order valence-electron chi connectivity index (χ1n) is 8.72. The molecule has 1 N–H and O–H groups in total. The van der Waals surface area contributed by atoms with Gasteiger partial charge in [0.15, 0.2) is 0 Å². The second-order valence-corrected chi connectivity index (χ2v) is 7.43. The maximum atomic E-state index is 12.2. The lowest BCUT2D eigenvalue weighted by atomic mass is 9.90. The minimum absolute atomic E-state index is 0.102. The Bertz CT molecular complexity index is 383. The van der Waals surface area contributed by atoms with Crippen LogP contribution in [0.2, 0.25) is 0 Å². The van der Waals surface area contributed by atoms with Crippen molar-refractivity contribution in [3.63, 3.8) is 0 Å². The molecule has 3 atom stereocenters. The first-order valence-corrected chi connectivity index (χ1v) is 8.72. The molecule has 3 fully saturated rings. The van der Waals surface area contributed by atoms with Crippen LogP contribution in [0.25, 0.3) is 0 Å². The molecule has 3 unspecified atom stereocenters. The van der Waals surface area contributed by atoms with Crippen LogP contribution in [-0.4, -0.2) is 48.7 Å². The molecular weight excluding hydrogens is 264 g/mol. The fraction of sp³-hybridized carbons (Fsp3) is 0.941. The Morgan fingerprint density at radius 2 is 2.00 bits per heavy atom. The molecule has 120 valence electrons. The molecule has 0 bridgehead atoms. The van der Waals surface area contributed by atoms with Gasteiger partial charge in [-0.05, 0) is 64.3 Å². The third-order valence-corrected chi connectivity index (χ3v) is 5.74. The van der Waals surface area contributed by atoms with Crippen LogP contribution in [-0.2, 0) is 9.53 Å². The number of esters is 1. The van der Waals surface area contributed by atoms with Gasteiger partial charge in [-0.1, -0.05) is 6.42 Å². The number of ether oxygens (including phenoxy) is 1. The molecule has 1 saturated heterocycles. The topological polar surface area (TPSA) is 41.6 Å². The van der Waals surface area contributed by atoms with E-state index in [1.807, 2.05) is 6.92 Å². The smallest absolute Gasteiger partial charge is 0.325 e. The first-order chi connectivity index (χ1) is 10.1. The molecular formula is C17H30N2O2. The summed E-state index contributed by atoms with van der Waals surface area (Å²) in [5.41, 5.74) is -0.512. The van der Waals surface area contributed by atoms with E-state index in [2.05, 4.69) is 10.2 Å². The number of likely N-dealkylation sites (tertiary alicyclic amines) is 1. The summed E-state index contributed by atoms with van der Waals surface area (Å²) in [7, 11) is 1.50. The van der Waals surface area contributed by atoms with Crippen molar-refractivity contribution < 1.29 is 9.53 Å². The average molecular weight is 294 g/mol.